The van der Waals surface area contributed by atoms with Gasteiger partial charge in [-0.2, -0.15) is 26.3 Å². The number of halogens is 7. The second-order valence-electron chi connectivity index (χ2n) is 3.64. The van der Waals surface area contributed by atoms with E-state index in [4.69, 9.17) is 11.1 Å². The van der Waals surface area contributed by atoms with E-state index in [-0.39, 0.29) is 11.8 Å². The fraction of sp³-hybridized carbons (Fsp3) is 0.300. The average molecular weight is 288 g/mol. The van der Waals surface area contributed by atoms with E-state index in [9.17, 15) is 30.7 Å². The largest absolute Gasteiger partial charge is 0.435 e. The minimum Gasteiger partial charge on any atom is -0.398 e. The quantitative estimate of drug-likeness (QED) is 0.488. The van der Waals surface area contributed by atoms with Crippen molar-refractivity contribution in [2.45, 2.75) is 18.0 Å². The van der Waals surface area contributed by atoms with Crippen molar-refractivity contribution in [1.29, 1.82) is 5.41 Å². The van der Waals surface area contributed by atoms with Gasteiger partial charge in [-0.15, -0.1) is 0 Å². The summed E-state index contributed by atoms with van der Waals surface area (Å²) < 4.78 is 88.3. The standard InChI is InChI=1S/C10H7F7N2/c11-8(9(12,13)14,10(15,16)17)6-1-2-7(19)5(3-6)4-18/h1-4,18H,19H2. The Bertz CT molecular complexity index is 476. The predicted molar refractivity (Wildman–Crippen MR) is 53.6 cm³/mol. The van der Waals surface area contributed by atoms with Crippen LogP contribution < -0.4 is 5.73 Å². The third kappa shape index (κ3) is 2.36. The molecule has 0 bridgehead atoms. The fourth-order valence-electron chi connectivity index (χ4n) is 1.40. The molecule has 0 amide bonds. The Labute approximate surface area is 102 Å². The lowest BCUT2D eigenvalue weighted by atomic mass is 9.92. The van der Waals surface area contributed by atoms with E-state index in [1.54, 1.807) is 0 Å². The molecular weight excluding hydrogens is 281 g/mol. The number of nitrogens with one attached hydrogen (secondary N) is 1. The molecule has 0 saturated carbocycles. The van der Waals surface area contributed by atoms with E-state index < -0.39 is 29.1 Å². The lowest BCUT2D eigenvalue weighted by Crippen LogP contribution is -2.50. The van der Waals surface area contributed by atoms with Crippen LogP contribution in [0.4, 0.5) is 36.4 Å². The lowest BCUT2D eigenvalue weighted by Gasteiger charge is -2.30. The molecule has 2 nitrogen and oxygen atoms in total. The number of hydrogen-bond acceptors (Lipinski definition) is 2. The molecule has 0 heterocycles. The second-order valence-corrected chi connectivity index (χ2v) is 3.64. The molecule has 0 unspecified atom stereocenters. The first-order chi connectivity index (χ1) is 8.45. The maximum absolute atomic E-state index is 13.6. The fourth-order valence-corrected chi connectivity index (χ4v) is 1.40. The highest BCUT2D eigenvalue weighted by Crippen LogP contribution is 2.53. The Morgan fingerprint density at radius 1 is 0.947 bits per heavy atom. The Morgan fingerprint density at radius 3 is 1.79 bits per heavy atom. The summed E-state index contributed by atoms with van der Waals surface area (Å²) in [5, 5.41) is 6.81. The Morgan fingerprint density at radius 2 is 1.42 bits per heavy atom. The lowest BCUT2D eigenvalue weighted by molar-refractivity contribution is -0.348. The zero-order valence-electron chi connectivity index (χ0n) is 9.03. The Balaban J connectivity index is 3.56. The van der Waals surface area contributed by atoms with Crippen molar-refractivity contribution in [1.82, 2.24) is 0 Å². The molecule has 0 aromatic heterocycles. The molecule has 1 aromatic carbocycles. The van der Waals surface area contributed by atoms with E-state index in [0.717, 1.165) is 0 Å². The molecule has 9 heteroatoms. The van der Waals surface area contributed by atoms with Gasteiger partial charge in [0.25, 0.3) is 0 Å². The number of nitrogens with two attached hydrogens (primary N) is 1. The van der Waals surface area contributed by atoms with Crippen molar-refractivity contribution < 1.29 is 30.7 Å². The Kier molecular flexibility index (Phi) is 3.53. The van der Waals surface area contributed by atoms with E-state index in [1.807, 2.05) is 0 Å². The van der Waals surface area contributed by atoms with Gasteiger partial charge in [0.1, 0.15) is 0 Å². The summed E-state index contributed by atoms with van der Waals surface area (Å²) in [5.41, 5.74) is -2.62. The SMILES string of the molecule is N=Cc1cc(C(F)(C(F)(F)F)C(F)(F)F)ccc1N. The van der Waals surface area contributed by atoms with Crippen molar-refractivity contribution in [2.75, 3.05) is 5.73 Å². The van der Waals surface area contributed by atoms with Crippen LogP contribution in [0.1, 0.15) is 11.1 Å². The van der Waals surface area contributed by atoms with Crippen molar-refractivity contribution in [3.8, 4) is 0 Å². The Hall–Kier alpha value is -1.80. The van der Waals surface area contributed by atoms with Gasteiger partial charge in [-0.05, 0) is 12.1 Å². The number of benzene rings is 1. The van der Waals surface area contributed by atoms with Gasteiger partial charge in [0.15, 0.2) is 0 Å². The van der Waals surface area contributed by atoms with E-state index in [0.29, 0.717) is 18.3 Å². The minimum atomic E-state index is -6.18. The van der Waals surface area contributed by atoms with Crippen LogP contribution in [0.3, 0.4) is 0 Å². The monoisotopic (exact) mass is 288 g/mol. The summed E-state index contributed by atoms with van der Waals surface area (Å²) in [6.07, 6.45) is -11.9. The first-order valence-electron chi connectivity index (χ1n) is 4.68. The number of anilines is 1. The number of alkyl halides is 7. The maximum atomic E-state index is 13.6. The molecule has 0 aliphatic rings. The van der Waals surface area contributed by atoms with Crippen LogP contribution in [0.5, 0.6) is 0 Å². The molecule has 106 valence electrons. The van der Waals surface area contributed by atoms with Gasteiger partial charge in [-0.3, -0.25) is 0 Å². The molecular formula is C10H7F7N2. The molecule has 0 spiro atoms. The zero-order chi connectivity index (χ0) is 15.1. The van der Waals surface area contributed by atoms with Gasteiger partial charge in [0.2, 0.25) is 0 Å². The molecule has 0 radical (unpaired) electrons. The van der Waals surface area contributed by atoms with Gasteiger partial charge in [0, 0.05) is 23.0 Å². The predicted octanol–water partition coefficient (Wildman–Crippen LogP) is 3.56. The van der Waals surface area contributed by atoms with Gasteiger partial charge >= 0.3 is 18.0 Å². The summed E-state index contributed by atoms with van der Waals surface area (Å²) in [5.74, 6) is 0. The van der Waals surface area contributed by atoms with Crippen LogP contribution in [-0.2, 0) is 5.67 Å². The van der Waals surface area contributed by atoms with Crippen molar-refractivity contribution in [3.05, 3.63) is 29.3 Å². The van der Waals surface area contributed by atoms with Gasteiger partial charge in [-0.1, -0.05) is 6.07 Å². The summed E-state index contributed by atoms with van der Waals surface area (Å²) in [4.78, 5) is 0. The molecule has 0 fully saturated rings. The first kappa shape index (κ1) is 15.3. The molecule has 3 N–H and O–H groups in total. The van der Waals surface area contributed by atoms with Crippen LogP contribution in [-0.4, -0.2) is 18.6 Å². The minimum absolute atomic E-state index is 0.231. The third-order valence-corrected chi connectivity index (χ3v) is 2.42. The molecule has 1 rings (SSSR count). The van der Waals surface area contributed by atoms with Gasteiger partial charge < -0.3 is 11.1 Å². The van der Waals surface area contributed by atoms with Crippen LogP contribution in [0.2, 0.25) is 0 Å². The normalized spacial score (nSPS) is 13.4. The van der Waals surface area contributed by atoms with Crippen LogP contribution in [0, 0.1) is 5.41 Å². The van der Waals surface area contributed by atoms with E-state index >= 15 is 0 Å². The van der Waals surface area contributed by atoms with Crippen LogP contribution in [0.25, 0.3) is 0 Å². The van der Waals surface area contributed by atoms with Crippen LogP contribution >= 0.6 is 0 Å². The summed E-state index contributed by atoms with van der Waals surface area (Å²) in [7, 11) is 0. The molecule has 0 atom stereocenters. The van der Waals surface area contributed by atoms with Crippen LogP contribution in [0.15, 0.2) is 18.2 Å². The molecule has 1 aromatic rings. The summed E-state index contributed by atoms with van der Waals surface area (Å²) in [6.45, 7) is 0. The average Bonchev–Trinajstić information content (AvgIpc) is 2.25. The topological polar surface area (TPSA) is 49.9 Å². The second kappa shape index (κ2) is 4.39. The molecule has 0 saturated heterocycles. The first-order valence-corrected chi connectivity index (χ1v) is 4.68. The van der Waals surface area contributed by atoms with Gasteiger partial charge in [-0.25, -0.2) is 4.39 Å². The third-order valence-electron chi connectivity index (χ3n) is 2.42. The molecule has 0 aliphatic heterocycles. The summed E-state index contributed by atoms with van der Waals surface area (Å²) >= 11 is 0. The highest BCUT2D eigenvalue weighted by molar-refractivity contribution is 5.85. The number of nitrogen functional groups attached to an aromatic ring is 1. The molecule has 19 heavy (non-hydrogen) atoms. The van der Waals surface area contributed by atoms with Crippen molar-refractivity contribution in [3.63, 3.8) is 0 Å². The van der Waals surface area contributed by atoms with Crippen molar-refractivity contribution in [2.24, 2.45) is 0 Å². The maximum Gasteiger partial charge on any atom is 0.435 e. The van der Waals surface area contributed by atoms with E-state index in [2.05, 4.69) is 0 Å². The highest BCUT2D eigenvalue weighted by atomic mass is 19.4. The van der Waals surface area contributed by atoms with Crippen molar-refractivity contribution >= 4 is 11.9 Å². The number of rotatable bonds is 2. The highest BCUT2D eigenvalue weighted by Gasteiger charge is 2.73. The van der Waals surface area contributed by atoms with E-state index in [1.165, 1.54) is 0 Å². The van der Waals surface area contributed by atoms with Gasteiger partial charge in [0.05, 0.1) is 0 Å². The number of hydrogen-bond donors (Lipinski definition) is 2. The smallest absolute Gasteiger partial charge is 0.398 e. The summed E-state index contributed by atoms with van der Waals surface area (Å²) in [6, 6.07) is 1.23. The molecule has 0 aliphatic carbocycles. The zero-order valence-corrected chi connectivity index (χ0v) is 9.03.